The summed E-state index contributed by atoms with van der Waals surface area (Å²) >= 11 is 7.50. The lowest BCUT2D eigenvalue weighted by molar-refractivity contribution is -0.138. The number of hydrogen-bond acceptors (Lipinski definition) is 9. The summed E-state index contributed by atoms with van der Waals surface area (Å²) in [6.07, 6.45) is 5.14. The molecular weight excluding hydrogens is 638 g/mol. The molecule has 1 aromatic heterocycles. The predicted octanol–water partition coefficient (Wildman–Crippen LogP) is 5.21. The van der Waals surface area contributed by atoms with E-state index in [2.05, 4.69) is 21.9 Å². The molecule has 0 radical (unpaired) electrons. The number of piperidine rings is 1. The number of ether oxygens (including phenoxy) is 1. The number of carboxylic acids is 1. The van der Waals surface area contributed by atoms with Crippen LogP contribution >= 0.6 is 22.9 Å². The number of methoxy groups -OCH3 is 1. The molecule has 10 nitrogen and oxygen atoms in total. The van der Waals surface area contributed by atoms with Crippen molar-refractivity contribution in [3.8, 4) is 0 Å². The van der Waals surface area contributed by atoms with Gasteiger partial charge < -0.3 is 15.2 Å². The van der Waals surface area contributed by atoms with Crippen molar-refractivity contribution in [2.24, 2.45) is 16.8 Å². The van der Waals surface area contributed by atoms with E-state index in [1.54, 1.807) is 11.6 Å². The molecule has 2 aliphatic heterocycles. The fraction of sp³-hybridized carbons (Fsp3) is 0.517. The van der Waals surface area contributed by atoms with Crippen LogP contribution in [0.4, 0.5) is 8.78 Å². The third kappa shape index (κ3) is 7.30. The SMILES string of the molecule is C=C(/C(Cl)=C(F)\C(F)=C/C)[C@H]1N=C(c2nccs2)NC(C2CCN(S(=O)(=O)C3CCC(CC(=O)O)CC3)CC2)=C1C(=O)OC. The molecule has 3 heterocycles. The molecular formula is C29H35ClF2N4O6S2. The summed E-state index contributed by atoms with van der Waals surface area (Å²) in [7, 11) is -2.44. The van der Waals surface area contributed by atoms with Crippen molar-refractivity contribution in [2.45, 2.75) is 63.2 Å². The molecule has 1 atom stereocenters. The zero-order valence-corrected chi connectivity index (χ0v) is 26.8. The number of allylic oxidation sites excluding steroid dienone is 4. The van der Waals surface area contributed by atoms with Crippen molar-refractivity contribution in [3.05, 3.63) is 62.8 Å². The number of carbonyl (C=O) groups excluding carboxylic acids is 1. The van der Waals surface area contributed by atoms with Gasteiger partial charge >= 0.3 is 11.9 Å². The second-order valence-electron chi connectivity index (χ2n) is 10.9. The Hall–Kier alpha value is -2.94. The second kappa shape index (κ2) is 14.4. The molecule has 240 valence electrons. The number of halogens is 3. The average molecular weight is 673 g/mol. The molecule has 1 aromatic rings. The first-order chi connectivity index (χ1) is 20.9. The molecule has 15 heteroatoms. The van der Waals surface area contributed by atoms with Gasteiger partial charge in [-0.25, -0.2) is 31.3 Å². The quantitative estimate of drug-likeness (QED) is 0.255. The number of thiazole rings is 1. The Morgan fingerprint density at radius 2 is 1.89 bits per heavy atom. The van der Waals surface area contributed by atoms with Crippen LogP contribution in [-0.4, -0.2) is 72.1 Å². The normalized spacial score (nSPS) is 24.7. The summed E-state index contributed by atoms with van der Waals surface area (Å²) in [5.74, 6) is -4.27. The molecule has 0 aromatic carbocycles. The third-order valence-electron chi connectivity index (χ3n) is 8.28. The maximum absolute atomic E-state index is 14.8. The minimum absolute atomic E-state index is 0.0164. The van der Waals surface area contributed by atoms with Crippen LogP contribution in [0.5, 0.6) is 0 Å². The number of nitrogens with one attached hydrogen (secondary N) is 1. The number of esters is 1. The smallest absolute Gasteiger partial charge is 0.338 e. The summed E-state index contributed by atoms with van der Waals surface area (Å²) in [5.41, 5.74) is 0.265. The van der Waals surface area contributed by atoms with Crippen LogP contribution in [0.15, 0.2) is 62.8 Å². The lowest BCUT2D eigenvalue weighted by Crippen LogP contribution is -2.47. The fourth-order valence-electron chi connectivity index (χ4n) is 5.91. The van der Waals surface area contributed by atoms with Gasteiger partial charge in [-0.1, -0.05) is 18.2 Å². The van der Waals surface area contributed by atoms with Crippen molar-refractivity contribution in [2.75, 3.05) is 20.2 Å². The minimum atomic E-state index is -3.62. The number of rotatable bonds is 10. The molecule has 1 saturated heterocycles. The highest BCUT2D eigenvalue weighted by molar-refractivity contribution is 7.89. The van der Waals surface area contributed by atoms with Crippen LogP contribution in [0.25, 0.3) is 0 Å². The number of nitrogens with zero attached hydrogens (tertiary/aromatic N) is 3. The highest BCUT2D eigenvalue weighted by Gasteiger charge is 2.41. The summed E-state index contributed by atoms with van der Waals surface area (Å²) in [6, 6.07) is -1.23. The summed E-state index contributed by atoms with van der Waals surface area (Å²) in [5, 5.41) is 13.3. The third-order valence-corrected chi connectivity index (χ3v) is 11.9. The standard InChI is InChI=1S/C29H35ClF2N4O6S2/c1-4-20(31)24(32)23(30)16(2)25-22(29(39)42-3)26(35-27(34-25)28-33-11-14-43-28)18-9-12-36(13-10-18)44(40,41)19-7-5-17(6-8-19)15-21(37)38/h4,11,14,17-19,25H,2,5-10,12-13,15H2,1,3H3,(H,34,35)(H,37,38)/b20-4+,24-23-/t17?,19?,25-/m1/s1. The molecule has 1 aliphatic carbocycles. The highest BCUT2D eigenvalue weighted by Crippen LogP contribution is 2.39. The van der Waals surface area contributed by atoms with E-state index in [4.69, 9.17) is 21.4 Å². The van der Waals surface area contributed by atoms with Crippen LogP contribution in [0.1, 0.15) is 56.9 Å². The van der Waals surface area contributed by atoms with Gasteiger partial charge in [-0.3, -0.25) is 9.79 Å². The lowest BCUT2D eigenvalue weighted by atomic mass is 9.86. The number of amidine groups is 1. The molecule has 0 amide bonds. The lowest BCUT2D eigenvalue weighted by Gasteiger charge is -2.38. The van der Waals surface area contributed by atoms with E-state index in [1.165, 1.54) is 29.7 Å². The van der Waals surface area contributed by atoms with Crippen molar-refractivity contribution in [1.29, 1.82) is 0 Å². The number of aliphatic carboxylic acids is 1. The van der Waals surface area contributed by atoms with E-state index in [-0.39, 0.29) is 48.3 Å². The van der Waals surface area contributed by atoms with E-state index < -0.39 is 49.9 Å². The molecule has 1 saturated carbocycles. The number of carbonyl (C=O) groups is 2. The van der Waals surface area contributed by atoms with Crippen molar-refractivity contribution in [3.63, 3.8) is 0 Å². The highest BCUT2D eigenvalue weighted by atomic mass is 35.5. The molecule has 2 N–H and O–H groups in total. The Labute approximate surface area is 264 Å². The predicted molar refractivity (Wildman–Crippen MR) is 164 cm³/mol. The largest absolute Gasteiger partial charge is 0.481 e. The van der Waals surface area contributed by atoms with E-state index in [1.807, 2.05) is 0 Å². The minimum Gasteiger partial charge on any atom is -0.481 e. The van der Waals surface area contributed by atoms with Gasteiger partial charge in [-0.2, -0.15) is 0 Å². The molecule has 3 aliphatic rings. The first kappa shape index (κ1) is 33.9. The molecule has 0 bridgehead atoms. The fourth-order valence-corrected chi connectivity index (χ4v) is 8.70. The summed E-state index contributed by atoms with van der Waals surface area (Å²) in [6.45, 7) is 5.55. The van der Waals surface area contributed by atoms with Gasteiger partial charge in [0.05, 0.1) is 23.0 Å². The summed E-state index contributed by atoms with van der Waals surface area (Å²) < 4.78 is 62.4. The average Bonchev–Trinajstić information content (AvgIpc) is 3.57. The van der Waals surface area contributed by atoms with Gasteiger partial charge in [0.1, 0.15) is 6.04 Å². The number of carboxylic acid groups (broad SMARTS) is 1. The summed E-state index contributed by atoms with van der Waals surface area (Å²) in [4.78, 5) is 33.1. The van der Waals surface area contributed by atoms with Crippen molar-refractivity contribution < 1.29 is 36.6 Å². The van der Waals surface area contributed by atoms with Gasteiger partial charge in [0.2, 0.25) is 10.0 Å². The number of aliphatic imine (C=N–C) groups is 1. The van der Waals surface area contributed by atoms with Gasteiger partial charge in [0.25, 0.3) is 0 Å². The molecule has 4 rings (SSSR count). The van der Waals surface area contributed by atoms with Gasteiger partial charge in [-0.15, -0.1) is 11.3 Å². The number of sulfonamides is 1. The van der Waals surface area contributed by atoms with E-state index in [9.17, 15) is 26.8 Å². The maximum atomic E-state index is 14.8. The monoisotopic (exact) mass is 672 g/mol. The Bertz CT molecular complexity index is 1510. The van der Waals surface area contributed by atoms with E-state index in [0.29, 0.717) is 49.2 Å². The Kier molecular flexibility index (Phi) is 11.1. The molecule has 0 unspecified atom stereocenters. The Morgan fingerprint density at radius 3 is 2.43 bits per heavy atom. The second-order valence-corrected chi connectivity index (χ2v) is 14.4. The molecule has 0 spiro atoms. The first-order valence-corrected chi connectivity index (χ1v) is 17.0. The Balaban J connectivity index is 1.62. The molecule has 2 fully saturated rings. The Morgan fingerprint density at radius 1 is 1.23 bits per heavy atom. The zero-order chi connectivity index (χ0) is 32.2. The van der Waals surface area contributed by atoms with Crippen LogP contribution < -0.4 is 5.32 Å². The van der Waals surface area contributed by atoms with Crippen LogP contribution in [0.2, 0.25) is 0 Å². The first-order valence-electron chi connectivity index (χ1n) is 14.2. The topological polar surface area (TPSA) is 138 Å². The zero-order valence-electron chi connectivity index (χ0n) is 24.4. The van der Waals surface area contributed by atoms with Crippen molar-refractivity contribution >= 4 is 50.7 Å². The number of aromatic nitrogens is 1. The molecule has 44 heavy (non-hydrogen) atoms. The van der Waals surface area contributed by atoms with E-state index in [0.717, 1.165) is 6.08 Å². The van der Waals surface area contributed by atoms with Crippen LogP contribution in [-0.2, 0) is 24.3 Å². The maximum Gasteiger partial charge on any atom is 0.338 e. The van der Waals surface area contributed by atoms with E-state index >= 15 is 0 Å². The van der Waals surface area contributed by atoms with Crippen molar-refractivity contribution in [1.82, 2.24) is 14.6 Å². The van der Waals surface area contributed by atoms with Gasteiger partial charge in [-0.05, 0) is 63.0 Å². The van der Waals surface area contributed by atoms with Crippen LogP contribution in [0, 0.1) is 11.8 Å². The van der Waals surface area contributed by atoms with Crippen LogP contribution in [0.3, 0.4) is 0 Å². The van der Waals surface area contributed by atoms with Gasteiger partial charge in [0.15, 0.2) is 22.5 Å². The number of hydrogen-bond donors (Lipinski definition) is 2. The van der Waals surface area contributed by atoms with Gasteiger partial charge in [0, 0.05) is 42.7 Å².